The van der Waals surface area contributed by atoms with Gasteiger partial charge in [0, 0.05) is 10.8 Å². The lowest BCUT2D eigenvalue weighted by atomic mass is 10.1. The molecule has 1 aromatic heterocycles. The molecule has 2 nitrogen and oxygen atoms in total. The van der Waals surface area contributed by atoms with E-state index in [4.69, 9.17) is 5.73 Å². The van der Waals surface area contributed by atoms with E-state index in [2.05, 4.69) is 25.8 Å². The number of rotatable bonds is 2. The fourth-order valence-electron chi connectivity index (χ4n) is 2.31. The number of aryl methyl sites for hydroxylation is 1. The van der Waals surface area contributed by atoms with Gasteiger partial charge in [-0.05, 0) is 24.8 Å². The lowest BCUT2D eigenvalue weighted by Gasteiger charge is -1.99. The number of nitrogens with two attached hydrogens (primary N) is 1. The van der Waals surface area contributed by atoms with Crippen LogP contribution >= 0.6 is 11.3 Å². The molecule has 13 heavy (non-hydrogen) atoms. The summed E-state index contributed by atoms with van der Waals surface area (Å²) >= 11 is 1.77. The normalized spacial score (nSPS) is 30.5. The molecular weight excluding hydrogens is 180 g/mol. The molecule has 2 unspecified atom stereocenters. The Morgan fingerprint density at radius 1 is 1.62 bits per heavy atom. The highest BCUT2D eigenvalue weighted by Crippen LogP contribution is 2.64. The maximum absolute atomic E-state index is 5.74. The van der Waals surface area contributed by atoms with Crippen molar-refractivity contribution in [1.29, 1.82) is 0 Å². The van der Waals surface area contributed by atoms with Gasteiger partial charge >= 0.3 is 0 Å². The first-order valence-corrected chi connectivity index (χ1v) is 5.57. The maximum Gasteiger partial charge on any atom is 0.0797 e. The Morgan fingerprint density at radius 3 is 2.69 bits per heavy atom. The van der Waals surface area contributed by atoms with Gasteiger partial charge in [0.25, 0.3) is 0 Å². The molecule has 1 heterocycles. The van der Waals surface area contributed by atoms with Gasteiger partial charge < -0.3 is 5.73 Å². The van der Waals surface area contributed by atoms with E-state index in [0.29, 0.717) is 17.3 Å². The van der Waals surface area contributed by atoms with Crippen LogP contribution in [0.15, 0.2) is 5.51 Å². The molecule has 1 aromatic rings. The average Bonchev–Trinajstić information content (AvgIpc) is 2.41. The summed E-state index contributed by atoms with van der Waals surface area (Å²) in [6.45, 7) is 7.49. The van der Waals surface area contributed by atoms with E-state index in [1.807, 2.05) is 5.51 Å². The van der Waals surface area contributed by atoms with E-state index >= 15 is 0 Å². The monoisotopic (exact) mass is 196 g/mol. The van der Waals surface area contributed by atoms with Crippen molar-refractivity contribution in [3.8, 4) is 0 Å². The number of thiazole rings is 1. The zero-order valence-electron chi connectivity index (χ0n) is 8.37. The van der Waals surface area contributed by atoms with Gasteiger partial charge in [0.1, 0.15) is 0 Å². The third-order valence-electron chi connectivity index (χ3n) is 3.37. The van der Waals surface area contributed by atoms with Gasteiger partial charge in [0.2, 0.25) is 0 Å². The fourth-order valence-corrected chi connectivity index (χ4v) is 3.48. The van der Waals surface area contributed by atoms with Gasteiger partial charge in [-0.3, -0.25) is 0 Å². The smallest absolute Gasteiger partial charge is 0.0797 e. The summed E-state index contributed by atoms with van der Waals surface area (Å²) in [5.41, 5.74) is 9.27. The number of nitrogens with zero attached hydrogens (tertiary/aromatic N) is 1. The van der Waals surface area contributed by atoms with Crippen molar-refractivity contribution in [1.82, 2.24) is 4.98 Å². The molecule has 0 aliphatic heterocycles. The first-order valence-electron chi connectivity index (χ1n) is 4.69. The van der Waals surface area contributed by atoms with E-state index in [-0.39, 0.29) is 0 Å². The van der Waals surface area contributed by atoms with Gasteiger partial charge in [0.15, 0.2) is 0 Å². The van der Waals surface area contributed by atoms with Crippen molar-refractivity contribution in [3.63, 3.8) is 0 Å². The summed E-state index contributed by atoms with van der Waals surface area (Å²) in [4.78, 5) is 5.73. The number of hydrogen-bond donors (Lipinski definition) is 1. The zero-order valence-corrected chi connectivity index (χ0v) is 9.19. The van der Waals surface area contributed by atoms with Crippen molar-refractivity contribution in [2.45, 2.75) is 26.7 Å². The summed E-state index contributed by atoms with van der Waals surface area (Å²) in [6, 6.07) is 0. The molecule has 3 heteroatoms. The molecule has 0 bridgehead atoms. The standard InChI is InChI=1S/C10H16N2S/c1-6-9(13-5-12-6)8-7(4-11)10(8,2)3/h5,7-8H,4,11H2,1-3H3. The van der Waals surface area contributed by atoms with E-state index in [0.717, 1.165) is 6.54 Å². The van der Waals surface area contributed by atoms with E-state index < -0.39 is 0 Å². The Morgan fingerprint density at radius 2 is 2.31 bits per heavy atom. The van der Waals surface area contributed by atoms with Gasteiger partial charge in [-0.15, -0.1) is 11.3 Å². The van der Waals surface area contributed by atoms with Crippen LogP contribution in [-0.4, -0.2) is 11.5 Å². The van der Waals surface area contributed by atoms with Gasteiger partial charge in [-0.2, -0.15) is 0 Å². The third-order valence-corrected chi connectivity index (χ3v) is 4.38. The third kappa shape index (κ3) is 1.22. The molecule has 2 N–H and O–H groups in total. The molecule has 1 saturated carbocycles. The maximum atomic E-state index is 5.74. The Hall–Kier alpha value is -0.410. The summed E-state index contributed by atoms with van der Waals surface area (Å²) in [7, 11) is 0. The van der Waals surface area contributed by atoms with Crippen LogP contribution in [0.1, 0.15) is 30.3 Å². The van der Waals surface area contributed by atoms with Crippen LogP contribution in [0.2, 0.25) is 0 Å². The van der Waals surface area contributed by atoms with Gasteiger partial charge in [0.05, 0.1) is 11.2 Å². The van der Waals surface area contributed by atoms with Gasteiger partial charge in [-0.25, -0.2) is 4.98 Å². The largest absolute Gasteiger partial charge is 0.330 e. The predicted molar refractivity (Wildman–Crippen MR) is 55.9 cm³/mol. The Labute approximate surface area is 83.2 Å². The molecule has 0 spiro atoms. The second kappa shape index (κ2) is 2.79. The minimum absolute atomic E-state index is 0.395. The molecule has 0 amide bonds. The lowest BCUT2D eigenvalue weighted by Crippen LogP contribution is -2.05. The number of aromatic nitrogens is 1. The quantitative estimate of drug-likeness (QED) is 0.787. The molecule has 1 aliphatic rings. The molecular formula is C10H16N2S. The topological polar surface area (TPSA) is 38.9 Å². The van der Waals surface area contributed by atoms with Crippen molar-refractivity contribution < 1.29 is 0 Å². The van der Waals surface area contributed by atoms with Crippen molar-refractivity contribution in [3.05, 3.63) is 16.1 Å². The summed E-state index contributed by atoms with van der Waals surface area (Å²) in [6.07, 6.45) is 0. The predicted octanol–water partition coefficient (Wildman–Crippen LogP) is 2.15. The lowest BCUT2D eigenvalue weighted by molar-refractivity contribution is 0.559. The molecule has 2 atom stereocenters. The summed E-state index contributed by atoms with van der Waals surface area (Å²) in [5.74, 6) is 1.32. The van der Waals surface area contributed by atoms with Crippen LogP contribution in [0.4, 0.5) is 0 Å². The first-order chi connectivity index (χ1) is 6.09. The Bertz CT molecular complexity index is 316. The minimum atomic E-state index is 0.395. The molecule has 1 fully saturated rings. The van der Waals surface area contributed by atoms with Crippen LogP contribution < -0.4 is 5.73 Å². The van der Waals surface area contributed by atoms with Gasteiger partial charge in [-0.1, -0.05) is 13.8 Å². The first kappa shape index (κ1) is 9.16. The number of hydrogen-bond acceptors (Lipinski definition) is 3. The Kier molecular flexibility index (Phi) is 1.96. The van der Waals surface area contributed by atoms with Crippen molar-refractivity contribution >= 4 is 11.3 Å². The molecule has 72 valence electrons. The molecule has 0 saturated heterocycles. The molecule has 0 aromatic carbocycles. The fraction of sp³-hybridized carbons (Fsp3) is 0.700. The van der Waals surface area contributed by atoms with Crippen LogP contribution in [0.5, 0.6) is 0 Å². The molecule has 1 aliphatic carbocycles. The van der Waals surface area contributed by atoms with E-state index in [1.54, 1.807) is 11.3 Å². The average molecular weight is 196 g/mol. The van der Waals surface area contributed by atoms with Crippen LogP contribution in [-0.2, 0) is 0 Å². The Balaban J connectivity index is 2.26. The van der Waals surface area contributed by atoms with E-state index in [9.17, 15) is 0 Å². The second-order valence-corrected chi connectivity index (χ2v) is 5.33. The second-order valence-electron chi connectivity index (χ2n) is 4.44. The summed E-state index contributed by atoms with van der Waals surface area (Å²) in [5, 5.41) is 0. The highest BCUT2D eigenvalue weighted by Gasteiger charge is 2.58. The van der Waals surface area contributed by atoms with Crippen LogP contribution in [0, 0.1) is 18.3 Å². The SMILES string of the molecule is Cc1ncsc1C1C(CN)C1(C)C. The molecule has 0 radical (unpaired) electrons. The van der Waals surface area contributed by atoms with Crippen LogP contribution in [0.3, 0.4) is 0 Å². The van der Waals surface area contributed by atoms with Crippen molar-refractivity contribution in [2.24, 2.45) is 17.1 Å². The van der Waals surface area contributed by atoms with Crippen molar-refractivity contribution in [2.75, 3.05) is 6.54 Å². The van der Waals surface area contributed by atoms with E-state index in [1.165, 1.54) is 10.6 Å². The molecule has 2 rings (SSSR count). The minimum Gasteiger partial charge on any atom is -0.330 e. The summed E-state index contributed by atoms with van der Waals surface area (Å²) < 4.78 is 0. The highest BCUT2D eigenvalue weighted by atomic mass is 32.1. The van der Waals surface area contributed by atoms with Crippen LogP contribution in [0.25, 0.3) is 0 Å². The highest BCUT2D eigenvalue weighted by molar-refractivity contribution is 7.09. The zero-order chi connectivity index (χ0) is 9.64.